The van der Waals surface area contributed by atoms with Crippen LogP contribution in [0.1, 0.15) is 12.8 Å². The van der Waals surface area contributed by atoms with Gasteiger partial charge in [0.25, 0.3) is 0 Å². The van der Waals surface area contributed by atoms with Crippen molar-refractivity contribution in [1.82, 2.24) is 9.21 Å². The SMILES string of the molecule is CN(C)CC1CCCN1S(=O)(=O)c1c(N)cc(Br)cc1Br. The third-order valence-corrected chi connectivity index (χ3v) is 6.92. The van der Waals surface area contributed by atoms with E-state index in [1.807, 2.05) is 19.0 Å². The fraction of sp³-hybridized carbons (Fsp3) is 0.538. The Labute approximate surface area is 142 Å². The molecule has 0 amide bonds. The first-order valence-electron chi connectivity index (χ1n) is 6.64. The Hall–Kier alpha value is -0.150. The van der Waals surface area contributed by atoms with E-state index >= 15 is 0 Å². The third kappa shape index (κ3) is 3.61. The predicted octanol–water partition coefficient (Wildman–Crippen LogP) is 2.51. The number of nitrogens with zero attached hydrogens (tertiary/aromatic N) is 2. The van der Waals surface area contributed by atoms with Gasteiger partial charge in [-0.15, -0.1) is 0 Å². The minimum Gasteiger partial charge on any atom is -0.398 e. The normalized spacial score (nSPS) is 20.3. The maximum Gasteiger partial charge on any atom is 0.246 e. The molecular formula is C13H19Br2N3O2S. The number of halogens is 2. The van der Waals surface area contributed by atoms with Gasteiger partial charge in [0.1, 0.15) is 4.90 Å². The standard InChI is InChI=1S/C13H19Br2N3O2S/c1-17(2)8-10-4-3-5-18(10)21(19,20)13-11(15)6-9(14)7-12(13)16/h6-7,10H,3-5,8,16H2,1-2H3. The third-order valence-electron chi connectivity index (χ3n) is 3.50. The largest absolute Gasteiger partial charge is 0.398 e. The number of rotatable bonds is 4. The van der Waals surface area contributed by atoms with E-state index in [0.29, 0.717) is 17.6 Å². The molecule has 1 aliphatic rings. The van der Waals surface area contributed by atoms with Crippen LogP contribution in [0.15, 0.2) is 26.0 Å². The molecule has 2 N–H and O–H groups in total. The highest BCUT2D eigenvalue weighted by Gasteiger charge is 2.37. The van der Waals surface area contributed by atoms with Crippen LogP contribution in [-0.2, 0) is 10.0 Å². The summed E-state index contributed by atoms with van der Waals surface area (Å²) in [6, 6.07) is 3.33. The highest BCUT2D eigenvalue weighted by atomic mass is 79.9. The lowest BCUT2D eigenvalue weighted by Gasteiger charge is -2.27. The summed E-state index contributed by atoms with van der Waals surface area (Å²) in [4.78, 5) is 2.18. The first kappa shape index (κ1) is 17.2. The second-order valence-electron chi connectivity index (χ2n) is 5.48. The lowest BCUT2D eigenvalue weighted by molar-refractivity contribution is 0.291. The summed E-state index contributed by atoms with van der Waals surface area (Å²) < 4.78 is 28.7. The van der Waals surface area contributed by atoms with Gasteiger partial charge in [-0.05, 0) is 55.0 Å². The molecule has 0 saturated carbocycles. The number of benzene rings is 1. The van der Waals surface area contributed by atoms with Gasteiger partial charge in [-0.25, -0.2) is 8.42 Å². The van der Waals surface area contributed by atoms with E-state index in [0.717, 1.165) is 17.3 Å². The Bertz CT molecular complexity index is 611. The summed E-state index contributed by atoms with van der Waals surface area (Å²) in [5, 5.41) is 0. The summed E-state index contributed by atoms with van der Waals surface area (Å²) in [5.74, 6) is 0. The van der Waals surface area contributed by atoms with Crippen LogP contribution in [0.4, 0.5) is 5.69 Å². The van der Waals surface area contributed by atoms with Crippen LogP contribution in [-0.4, -0.2) is 50.8 Å². The number of anilines is 1. The van der Waals surface area contributed by atoms with E-state index in [2.05, 4.69) is 31.9 Å². The molecule has 0 radical (unpaired) electrons. The molecule has 1 aromatic carbocycles. The molecule has 0 aliphatic carbocycles. The molecule has 0 aromatic heterocycles. The van der Waals surface area contributed by atoms with Crippen molar-refractivity contribution in [2.75, 3.05) is 32.9 Å². The van der Waals surface area contributed by atoms with Crippen LogP contribution < -0.4 is 5.73 Å². The number of likely N-dealkylation sites (N-methyl/N-ethyl adjacent to an activating group) is 1. The summed E-state index contributed by atoms with van der Waals surface area (Å²) in [5.41, 5.74) is 6.20. The zero-order chi connectivity index (χ0) is 15.8. The molecule has 1 aliphatic heterocycles. The highest BCUT2D eigenvalue weighted by molar-refractivity contribution is 9.11. The molecule has 0 spiro atoms. The lowest BCUT2D eigenvalue weighted by atomic mass is 10.2. The van der Waals surface area contributed by atoms with Crippen molar-refractivity contribution in [3.8, 4) is 0 Å². The van der Waals surface area contributed by atoms with Gasteiger partial charge >= 0.3 is 0 Å². The van der Waals surface area contributed by atoms with Crippen LogP contribution in [0.25, 0.3) is 0 Å². The first-order chi connectivity index (χ1) is 9.73. The molecule has 1 fully saturated rings. The van der Waals surface area contributed by atoms with Gasteiger partial charge in [-0.2, -0.15) is 4.31 Å². The zero-order valence-corrected chi connectivity index (χ0v) is 16.0. The molecule has 0 bridgehead atoms. The second-order valence-corrected chi connectivity index (χ2v) is 9.08. The van der Waals surface area contributed by atoms with E-state index in [1.54, 1.807) is 16.4 Å². The van der Waals surface area contributed by atoms with Gasteiger partial charge in [0.15, 0.2) is 0 Å². The Morgan fingerprint density at radius 2 is 2.05 bits per heavy atom. The quantitative estimate of drug-likeness (QED) is 0.730. The van der Waals surface area contributed by atoms with Crippen LogP contribution in [0, 0.1) is 0 Å². The van der Waals surface area contributed by atoms with Gasteiger partial charge in [-0.3, -0.25) is 0 Å². The van der Waals surface area contributed by atoms with Crippen LogP contribution in [0.3, 0.4) is 0 Å². The van der Waals surface area contributed by atoms with Crippen LogP contribution >= 0.6 is 31.9 Å². The Morgan fingerprint density at radius 1 is 1.38 bits per heavy atom. The van der Waals surface area contributed by atoms with Crippen molar-refractivity contribution in [2.24, 2.45) is 0 Å². The van der Waals surface area contributed by atoms with Crippen molar-refractivity contribution in [1.29, 1.82) is 0 Å². The smallest absolute Gasteiger partial charge is 0.246 e. The molecule has 1 atom stereocenters. The number of nitrogen functional groups attached to an aromatic ring is 1. The number of sulfonamides is 1. The van der Waals surface area contributed by atoms with E-state index in [-0.39, 0.29) is 16.6 Å². The zero-order valence-electron chi connectivity index (χ0n) is 12.0. The summed E-state index contributed by atoms with van der Waals surface area (Å²) >= 11 is 6.64. The minimum atomic E-state index is -3.60. The fourth-order valence-electron chi connectivity index (χ4n) is 2.70. The van der Waals surface area contributed by atoms with Gasteiger partial charge < -0.3 is 10.6 Å². The average molecular weight is 441 g/mol. The molecular weight excluding hydrogens is 422 g/mol. The summed E-state index contributed by atoms with van der Waals surface area (Å²) in [6.07, 6.45) is 1.76. The summed E-state index contributed by atoms with van der Waals surface area (Å²) in [7, 11) is 0.305. The Balaban J connectivity index is 2.43. The summed E-state index contributed by atoms with van der Waals surface area (Å²) in [6.45, 7) is 1.26. The minimum absolute atomic E-state index is 0.0000492. The molecule has 118 valence electrons. The topological polar surface area (TPSA) is 66.6 Å². The number of hydrogen-bond acceptors (Lipinski definition) is 4. The second kappa shape index (κ2) is 6.54. The van der Waals surface area contributed by atoms with Gasteiger partial charge in [-0.1, -0.05) is 15.9 Å². The molecule has 21 heavy (non-hydrogen) atoms. The fourth-order valence-corrected chi connectivity index (χ4v) is 6.40. The van der Waals surface area contributed by atoms with Crippen molar-refractivity contribution >= 4 is 47.6 Å². The van der Waals surface area contributed by atoms with Gasteiger partial charge in [0, 0.05) is 28.1 Å². The van der Waals surface area contributed by atoms with E-state index < -0.39 is 10.0 Å². The Kier molecular flexibility index (Phi) is 5.36. The molecule has 5 nitrogen and oxygen atoms in total. The van der Waals surface area contributed by atoms with Crippen molar-refractivity contribution in [3.05, 3.63) is 21.1 Å². The van der Waals surface area contributed by atoms with Crippen molar-refractivity contribution < 1.29 is 8.42 Å². The molecule has 8 heteroatoms. The number of hydrogen-bond donors (Lipinski definition) is 1. The maximum atomic E-state index is 13.0. The van der Waals surface area contributed by atoms with Crippen LogP contribution in [0.5, 0.6) is 0 Å². The van der Waals surface area contributed by atoms with Gasteiger partial charge in [0.2, 0.25) is 10.0 Å². The van der Waals surface area contributed by atoms with Crippen LogP contribution in [0.2, 0.25) is 0 Å². The van der Waals surface area contributed by atoms with Gasteiger partial charge in [0.05, 0.1) is 5.69 Å². The first-order valence-corrected chi connectivity index (χ1v) is 9.67. The molecule has 1 saturated heterocycles. The van der Waals surface area contributed by atoms with Crippen molar-refractivity contribution in [2.45, 2.75) is 23.8 Å². The molecule has 2 rings (SSSR count). The Morgan fingerprint density at radius 3 is 2.62 bits per heavy atom. The average Bonchev–Trinajstić information content (AvgIpc) is 2.74. The maximum absolute atomic E-state index is 13.0. The van der Waals surface area contributed by atoms with E-state index in [4.69, 9.17) is 5.73 Å². The highest BCUT2D eigenvalue weighted by Crippen LogP contribution is 2.36. The number of nitrogens with two attached hydrogens (primary N) is 1. The molecule has 1 aromatic rings. The monoisotopic (exact) mass is 439 g/mol. The molecule has 1 heterocycles. The molecule has 1 unspecified atom stereocenters. The predicted molar refractivity (Wildman–Crippen MR) is 91.7 cm³/mol. The van der Waals surface area contributed by atoms with E-state index in [1.165, 1.54) is 0 Å². The van der Waals surface area contributed by atoms with Crippen molar-refractivity contribution in [3.63, 3.8) is 0 Å². The lowest BCUT2D eigenvalue weighted by Crippen LogP contribution is -2.41. The van der Waals surface area contributed by atoms with E-state index in [9.17, 15) is 8.42 Å².